The van der Waals surface area contributed by atoms with Gasteiger partial charge in [-0.1, -0.05) is 6.07 Å². The largest absolute Gasteiger partial charge is 0.354 e. The Kier molecular flexibility index (Phi) is 5.67. The molecule has 5 nitrogen and oxygen atoms in total. The topological polar surface area (TPSA) is 79.6 Å². The van der Waals surface area contributed by atoms with E-state index in [1.54, 1.807) is 18.3 Å². The van der Waals surface area contributed by atoms with Crippen molar-refractivity contribution in [3.8, 4) is 0 Å². The molecule has 3 N–H and O–H groups in total. The highest BCUT2D eigenvalue weighted by atomic mass is 32.2. The van der Waals surface area contributed by atoms with Crippen molar-refractivity contribution >= 4 is 20.9 Å². The van der Waals surface area contributed by atoms with Crippen molar-refractivity contribution in [3.63, 3.8) is 0 Å². The van der Waals surface area contributed by atoms with Crippen LogP contribution in [0.15, 0.2) is 53.3 Å². The molecule has 0 radical (unpaired) electrons. The molecule has 0 aliphatic carbocycles. The molecule has 0 unspecified atom stereocenters. The number of fused-ring (bicyclic) bond motifs is 1. The molecule has 0 aliphatic rings. The van der Waals surface area contributed by atoms with E-state index in [0.29, 0.717) is 17.9 Å². The highest BCUT2D eigenvalue weighted by Gasteiger charge is 2.18. The molecule has 0 spiro atoms. The first kappa shape index (κ1) is 20.2. The maximum Gasteiger partial charge on any atom is 0.175 e. The minimum absolute atomic E-state index is 0.148. The molecular formula is C21H25FN3O2S+. The van der Waals surface area contributed by atoms with Crippen LogP contribution in [0.3, 0.4) is 0 Å². The number of hydrogen-bond donors (Lipinski definition) is 1. The monoisotopic (exact) mass is 402 g/mol. The predicted octanol–water partition coefficient (Wildman–Crippen LogP) is 2.74. The normalized spacial score (nSPS) is 12.7. The van der Waals surface area contributed by atoms with Crippen molar-refractivity contribution in [1.29, 1.82) is 0 Å². The van der Waals surface area contributed by atoms with Crippen LogP contribution in [0.1, 0.15) is 22.4 Å². The van der Waals surface area contributed by atoms with Gasteiger partial charge in [0.05, 0.1) is 29.0 Å². The number of aryl methyl sites for hydroxylation is 1. The zero-order valence-corrected chi connectivity index (χ0v) is 17.2. The summed E-state index contributed by atoms with van der Waals surface area (Å²) in [5.74, 6) is -0.223. The summed E-state index contributed by atoms with van der Waals surface area (Å²) in [6, 6.07) is 8.97. The van der Waals surface area contributed by atoms with E-state index in [-0.39, 0.29) is 12.4 Å². The molecule has 28 heavy (non-hydrogen) atoms. The smallest absolute Gasteiger partial charge is 0.175 e. The average molecular weight is 403 g/mol. The van der Waals surface area contributed by atoms with Gasteiger partial charge in [0.2, 0.25) is 0 Å². The number of halogens is 1. The molecule has 0 atom stereocenters. The minimum Gasteiger partial charge on any atom is -0.354 e. The van der Waals surface area contributed by atoms with Crippen molar-refractivity contribution in [2.45, 2.75) is 31.7 Å². The quantitative estimate of drug-likeness (QED) is 0.688. The second kappa shape index (κ2) is 7.85. The lowest BCUT2D eigenvalue weighted by Crippen LogP contribution is -2.49. The van der Waals surface area contributed by atoms with Gasteiger partial charge >= 0.3 is 0 Å². The zero-order valence-electron chi connectivity index (χ0n) is 16.4. The highest BCUT2D eigenvalue weighted by Crippen LogP contribution is 2.28. The van der Waals surface area contributed by atoms with E-state index in [0.717, 1.165) is 33.4 Å². The summed E-state index contributed by atoms with van der Waals surface area (Å²) in [6.45, 7) is 4.42. The van der Waals surface area contributed by atoms with E-state index in [2.05, 4.69) is 10.7 Å². The van der Waals surface area contributed by atoms with E-state index in [4.69, 9.17) is 0 Å². The first-order chi connectivity index (χ1) is 13.2. The van der Waals surface area contributed by atoms with Crippen LogP contribution in [0.4, 0.5) is 4.39 Å². The Hall–Kier alpha value is -2.51. The molecule has 148 valence electrons. The average Bonchev–Trinajstić information content (AvgIpc) is 2.88. The van der Waals surface area contributed by atoms with Crippen LogP contribution in [0.2, 0.25) is 0 Å². The van der Waals surface area contributed by atoms with Gasteiger partial charge < -0.3 is 10.3 Å². The van der Waals surface area contributed by atoms with Gasteiger partial charge in [0, 0.05) is 36.2 Å². The molecule has 0 saturated carbocycles. The lowest BCUT2D eigenvalue weighted by Gasteiger charge is -2.10. The summed E-state index contributed by atoms with van der Waals surface area (Å²) in [6.07, 6.45) is 5.02. The van der Waals surface area contributed by atoms with Gasteiger partial charge in [-0.25, -0.2) is 12.8 Å². The summed E-state index contributed by atoms with van der Waals surface area (Å²) in [7, 11) is -3.24. The van der Waals surface area contributed by atoms with Crippen molar-refractivity contribution < 1.29 is 18.5 Å². The van der Waals surface area contributed by atoms with Gasteiger partial charge in [-0.05, 0) is 49.2 Å². The second-order valence-electron chi connectivity index (χ2n) is 7.00. The number of aromatic nitrogens is 2. The van der Waals surface area contributed by atoms with Crippen LogP contribution >= 0.6 is 0 Å². The number of benzene rings is 1. The van der Waals surface area contributed by atoms with Crippen LogP contribution in [0, 0.1) is 13.8 Å². The van der Waals surface area contributed by atoms with E-state index < -0.39 is 9.84 Å². The van der Waals surface area contributed by atoms with Crippen LogP contribution < -0.4 is 5.73 Å². The number of pyridine rings is 1. The van der Waals surface area contributed by atoms with Gasteiger partial charge in [-0.2, -0.15) is 0 Å². The first-order valence-electron chi connectivity index (χ1n) is 9.08. The number of sulfone groups is 1. The third-order valence-electron chi connectivity index (χ3n) is 4.99. The number of rotatable bonds is 6. The molecule has 0 bridgehead atoms. The van der Waals surface area contributed by atoms with Gasteiger partial charge in [0.15, 0.2) is 9.84 Å². The standard InChI is InChI=1S/C21H24FN3O2S/c1-14-11-18(28(3,26)27)7-6-16(14)12-19-15(2)25(13-17(22)8-9-23)20-5-4-10-24-21(19)20/h4-8,10-11H,9,12-13,23H2,1-3H3/p+1/b17-8-. The van der Waals surface area contributed by atoms with Crippen molar-refractivity contribution in [1.82, 2.24) is 9.55 Å². The fourth-order valence-electron chi connectivity index (χ4n) is 3.44. The predicted molar refractivity (Wildman–Crippen MR) is 109 cm³/mol. The summed E-state index contributed by atoms with van der Waals surface area (Å²) in [4.78, 5) is 4.84. The molecular weight excluding hydrogens is 377 g/mol. The molecule has 0 fully saturated rings. The molecule has 0 aliphatic heterocycles. The SMILES string of the molecule is Cc1cc(S(C)(=O)=O)ccc1Cc1c(C)n(C/C(F)=C/C[NH3+])c2cccnc12. The van der Waals surface area contributed by atoms with Gasteiger partial charge in [0.25, 0.3) is 0 Å². The Balaban J connectivity index is 2.07. The molecule has 3 aromatic rings. The maximum atomic E-state index is 14.2. The van der Waals surface area contributed by atoms with E-state index in [9.17, 15) is 12.8 Å². The van der Waals surface area contributed by atoms with E-state index >= 15 is 0 Å². The third kappa shape index (κ3) is 4.00. The summed E-state index contributed by atoms with van der Waals surface area (Å²) < 4.78 is 39.7. The number of nitrogens with zero attached hydrogens (tertiary/aromatic N) is 2. The Morgan fingerprint density at radius 2 is 2.04 bits per heavy atom. The number of quaternary nitrogens is 1. The van der Waals surface area contributed by atoms with Crippen molar-refractivity contribution in [3.05, 3.63) is 70.8 Å². The molecule has 0 amide bonds. The zero-order chi connectivity index (χ0) is 20.5. The van der Waals surface area contributed by atoms with Crippen molar-refractivity contribution in [2.24, 2.45) is 0 Å². The molecule has 2 heterocycles. The van der Waals surface area contributed by atoms with Crippen LogP contribution in [0.5, 0.6) is 0 Å². The minimum atomic E-state index is -3.24. The Morgan fingerprint density at radius 1 is 1.29 bits per heavy atom. The van der Waals surface area contributed by atoms with E-state index in [1.165, 1.54) is 12.3 Å². The van der Waals surface area contributed by atoms with Crippen LogP contribution in [-0.2, 0) is 22.8 Å². The lowest BCUT2D eigenvalue weighted by molar-refractivity contribution is -0.353. The van der Waals surface area contributed by atoms with Crippen molar-refractivity contribution in [2.75, 3.05) is 12.8 Å². The molecule has 2 aromatic heterocycles. The van der Waals surface area contributed by atoms with Crippen LogP contribution in [0.25, 0.3) is 11.0 Å². The third-order valence-corrected chi connectivity index (χ3v) is 6.10. The molecule has 1 aromatic carbocycles. The Morgan fingerprint density at radius 3 is 2.68 bits per heavy atom. The highest BCUT2D eigenvalue weighted by molar-refractivity contribution is 7.90. The fraction of sp³-hybridized carbons (Fsp3) is 0.286. The first-order valence-corrected chi connectivity index (χ1v) is 11.0. The lowest BCUT2D eigenvalue weighted by atomic mass is 10.00. The Labute approximate surface area is 164 Å². The second-order valence-corrected chi connectivity index (χ2v) is 9.01. The number of hydrogen-bond acceptors (Lipinski definition) is 3. The number of allylic oxidation sites excluding steroid dienone is 1. The summed E-state index contributed by atoms with van der Waals surface area (Å²) in [5, 5.41) is 0. The van der Waals surface area contributed by atoms with Crippen LogP contribution in [-0.4, -0.2) is 30.8 Å². The molecule has 0 saturated heterocycles. The molecule has 7 heteroatoms. The van der Waals surface area contributed by atoms with E-state index in [1.807, 2.05) is 36.6 Å². The van der Waals surface area contributed by atoms with Gasteiger partial charge in [0.1, 0.15) is 5.83 Å². The summed E-state index contributed by atoms with van der Waals surface area (Å²) >= 11 is 0. The Bertz CT molecular complexity index is 1160. The van der Waals surface area contributed by atoms with Gasteiger partial charge in [-0.3, -0.25) is 4.98 Å². The molecule has 3 rings (SSSR count). The summed E-state index contributed by atoms with van der Waals surface area (Å²) in [5.41, 5.74) is 9.29. The maximum absolute atomic E-state index is 14.2. The van der Waals surface area contributed by atoms with Gasteiger partial charge in [-0.15, -0.1) is 0 Å². The fourth-order valence-corrected chi connectivity index (χ4v) is 4.14.